The van der Waals surface area contributed by atoms with Gasteiger partial charge in [0.2, 0.25) is 0 Å². The Balaban J connectivity index is 1.09. The number of rotatable bonds is 8. The van der Waals surface area contributed by atoms with E-state index in [0.717, 1.165) is 59.2 Å². The van der Waals surface area contributed by atoms with Crippen LogP contribution in [-0.4, -0.2) is 68.7 Å². The summed E-state index contributed by atoms with van der Waals surface area (Å²) < 4.78 is 15.1. The first kappa shape index (κ1) is 25.8. The van der Waals surface area contributed by atoms with Gasteiger partial charge in [-0.2, -0.15) is 0 Å². The molecule has 9 nitrogen and oxygen atoms in total. The Bertz CT molecular complexity index is 1590. The Labute approximate surface area is 234 Å². The number of benzene rings is 1. The van der Waals surface area contributed by atoms with Gasteiger partial charge in [0, 0.05) is 43.9 Å². The Morgan fingerprint density at radius 2 is 1.82 bits per heavy atom. The van der Waals surface area contributed by atoms with Gasteiger partial charge in [-0.1, -0.05) is 12.1 Å². The summed E-state index contributed by atoms with van der Waals surface area (Å²) in [6, 6.07) is 10.4. The normalized spacial score (nSPS) is 23.1. The lowest BCUT2D eigenvalue weighted by Crippen LogP contribution is -2.37. The third-order valence-electron chi connectivity index (χ3n) is 9.72. The molecule has 210 valence electrons. The predicted octanol–water partition coefficient (Wildman–Crippen LogP) is 4.65. The van der Waals surface area contributed by atoms with Crippen molar-refractivity contribution >= 4 is 22.1 Å². The van der Waals surface area contributed by atoms with E-state index >= 15 is 0 Å². The zero-order chi connectivity index (χ0) is 27.4. The lowest BCUT2D eigenvalue weighted by atomic mass is 9.89. The Morgan fingerprint density at radius 3 is 2.52 bits per heavy atom. The van der Waals surface area contributed by atoms with E-state index in [2.05, 4.69) is 40.2 Å². The van der Waals surface area contributed by atoms with E-state index in [1.54, 1.807) is 18.7 Å². The predicted molar refractivity (Wildman–Crippen MR) is 154 cm³/mol. The molecule has 1 atom stereocenters. The van der Waals surface area contributed by atoms with Gasteiger partial charge in [0.05, 0.1) is 30.0 Å². The summed E-state index contributed by atoms with van der Waals surface area (Å²) in [7, 11) is 3.49. The second kappa shape index (κ2) is 10.0. The summed E-state index contributed by atoms with van der Waals surface area (Å²) in [6.07, 6.45) is 9.29. The van der Waals surface area contributed by atoms with Crippen molar-refractivity contribution in [3.05, 3.63) is 52.7 Å². The highest BCUT2D eigenvalue weighted by atomic mass is 16.5. The molecule has 40 heavy (non-hydrogen) atoms. The smallest absolute Gasteiger partial charge is 0.330 e. The zero-order valence-corrected chi connectivity index (χ0v) is 23.7. The number of likely N-dealkylation sites (tertiary alicyclic amines) is 1. The molecule has 0 N–H and O–H groups in total. The minimum Gasteiger partial charge on any atom is -0.381 e. The van der Waals surface area contributed by atoms with Crippen LogP contribution in [0.25, 0.3) is 33.2 Å². The number of pyridine rings is 1. The van der Waals surface area contributed by atoms with Gasteiger partial charge < -0.3 is 14.4 Å². The fraction of sp³-hybridized carbons (Fsp3) is 0.548. The average molecular weight is 543 g/mol. The van der Waals surface area contributed by atoms with E-state index in [9.17, 15) is 4.79 Å². The number of methoxy groups -OCH3 is 1. The van der Waals surface area contributed by atoms with Crippen LogP contribution < -0.4 is 5.69 Å². The maximum absolute atomic E-state index is 13.2. The minimum absolute atomic E-state index is 0.0581. The van der Waals surface area contributed by atoms with Gasteiger partial charge in [-0.25, -0.2) is 4.79 Å². The molecule has 3 fully saturated rings. The first-order valence-electron chi connectivity index (χ1n) is 14.7. The molecular weight excluding hydrogens is 504 g/mol. The monoisotopic (exact) mass is 542 g/mol. The largest absolute Gasteiger partial charge is 0.381 e. The number of hydrogen-bond donors (Lipinski definition) is 0. The van der Waals surface area contributed by atoms with Crippen LogP contribution in [0.1, 0.15) is 63.3 Å². The first-order chi connectivity index (χ1) is 19.4. The molecule has 4 aromatic rings. The van der Waals surface area contributed by atoms with Crippen molar-refractivity contribution < 1.29 is 9.47 Å². The summed E-state index contributed by atoms with van der Waals surface area (Å²) in [5, 5.41) is 9.74. The molecule has 1 saturated heterocycles. The second-order valence-electron chi connectivity index (χ2n) is 12.1. The van der Waals surface area contributed by atoms with Gasteiger partial charge >= 0.3 is 5.69 Å². The Hall–Kier alpha value is -3.14. The third kappa shape index (κ3) is 4.54. The highest BCUT2D eigenvalue weighted by Gasteiger charge is 2.44. The van der Waals surface area contributed by atoms with Gasteiger partial charge in [-0.15, -0.1) is 10.2 Å². The van der Waals surface area contributed by atoms with Crippen molar-refractivity contribution in [2.45, 2.75) is 63.7 Å². The van der Waals surface area contributed by atoms with Gasteiger partial charge in [0.15, 0.2) is 5.65 Å². The maximum atomic E-state index is 13.2. The lowest BCUT2D eigenvalue weighted by Gasteiger charge is -2.34. The molecule has 1 spiro atoms. The van der Waals surface area contributed by atoms with Gasteiger partial charge in [0.1, 0.15) is 5.52 Å². The maximum Gasteiger partial charge on any atom is 0.330 e. The summed E-state index contributed by atoms with van der Waals surface area (Å²) in [4.78, 5) is 20.5. The van der Waals surface area contributed by atoms with Crippen molar-refractivity contribution in [3.63, 3.8) is 0 Å². The number of hydrogen-bond acceptors (Lipinski definition) is 7. The van der Waals surface area contributed by atoms with E-state index in [-0.39, 0.29) is 23.9 Å². The highest BCUT2D eigenvalue weighted by molar-refractivity contribution is 6.02. The van der Waals surface area contributed by atoms with E-state index in [4.69, 9.17) is 14.5 Å². The number of fused-ring (bicyclic) bond motifs is 3. The van der Waals surface area contributed by atoms with Crippen LogP contribution >= 0.6 is 0 Å². The fourth-order valence-corrected chi connectivity index (χ4v) is 6.54. The van der Waals surface area contributed by atoms with Crippen molar-refractivity contribution in [3.8, 4) is 11.1 Å². The summed E-state index contributed by atoms with van der Waals surface area (Å²) in [5.41, 5.74) is 5.84. The highest BCUT2D eigenvalue weighted by Crippen LogP contribution is 2.53. The van der Waals surface area contributed by atoms with E-state index in [1.807, 2.05) is 22.9 Å². The molecular formula is C31H38N6O3. The molecule has 1 aromatic carbocycles. The summed E-state index contributed by atoms with van der Waals surface area (Å²) >= 11 is 0. The van der Waals surface area contributed by atoms with Gasteiger partial charge in [-0.3, -0.25) is 14.1 Å². The van der Waals surface area contributed by atoms with Crippen molar-refractivity contribution in [2.24, 2.45) is 12.5 Å². The SMILES string of the molecule is CO[C@H]1C[C@H](n2c(=O)n(C)c3nnc4ccc(-c5ccc([C@@H](C)OCCN6CCC7(CC6)CC7)nc5)cc4c32)C1. The van der Waals surface area contributed by atoms with Crippen molar-refractivity contribution in [1.82, 2.24) is 29.2 Å². The number of imidazole rings is 1. The van der Waals surface area contributed by atoms with Crippen LogP contribution in [0.3, 0.4) is 0 Å². The standard InChI is InChI=1S/C31H38N6O3/c1-20(40-15-14-36-12-10-31(8-9-31)11-13-36)26-6-5-22(19-32-26)21-4-7-27-25(16-21)28-29(34-33-27)35(2)30(38)37(28)23-17-24(18-23)39-3/h4-7,16,19-20,23-24H,8-15,17-18H2,1-3H3/t20-,23-,24-/m1/s1. The van der Waals surface area contributed by atoms with Crippen LogP contribution in [0.5, 0.6) is 0 Å². The number of aryl methyl sites for hydroxylation is 1. The van der Waals surface area contributed by atoms with Gasteiger partial charge in [0.25, 0.3) is 0 Å². The number of piperidine rings is 1. The molecule has 0 radical (unpaired) electrons. The average Bonchev–Trinajstić information content (AvgIpc) is 3.67. The topological polar surface area (TPSA) is 87.3 Å². The molecule has 3 aliphatic rings. The summed E-state index contributed by atoms with van der Waals surface area (Å²) in [5.74, 6) is 0. The molecule has 0 amide bonds. The number of ether oxygens (including phenoxy) is 2. The second-order valence-corrected chi connectivity index (χ2v) is 12.1. The van der Waals surface area contributed by atoms with Crippen LogP contribution in [0.4, 0.5) is 0 Å². The third-order valence-corrected chi connectivity index (χ3v) is 9.72. The molecule has 1 aliphatic heterocycles. The molecule has 0 bridgehead atoms. The Kier molecular flexibility index (Phi) is 6.48. The molecule has 2 saturated carbocycles. The van der Waals surface area contributed by atoms with E-state index in [0.29, 0.717) is 11.1 Å². The van der Waals surface area contributed by atoms with Crippen molar-refractivity contribution in [2.75, 3.05) is 33.4 Å². The molecule has 9 heteroatoms. The van der Waals surface area contributed by atoms with Crippen LogP contribution in [0, 0.1) is 5.41 Å². The van der Waals surface area contributed by atoms with E-state index < -0.39 is 0 Å². The van der Waals surface area contributed by atoms with E-state index in [1.165, 1.54) is 38.8 Å². The van der Waals surface area contributed by atoms with Crippen LogP contribution in [-0.2, 0) is 16.5 Å². The fourth-order valence-electron chi connectivity index (χ4n) is 6.54. The van der Waals surface area contributed by atoms with Crippen molar-refractivity contribution in [1.29, 1.82) is 0 Å². The zero-order valence-electron chi connectivity index (χ0n) is 23.7. The lowest BCUT2D eigenvalue weighted by molar-refractivity contribution is 0.00635. The van der Waals surface area contributed by atoms with Crippen LogP contribution in [0.2, 0.25) is 0 Å². The Morgan fingerprint density at radius 1 is 1.05 bits per heavy atom. The first-order valence-corrected chi connectivity index (χ1v) is 14.7. The number of aromatic nitrogens is 5. The quantitative estimate of drug-likeness (QED) is 0.320. The minimum atomic E-state index is -0.0612. The molecule has 0 unspecified atom stereocenters. The molecule has 3 aromatic heterocycles. The van der Waals surface area contributed by atoms with Gasteiger partial charge in [-0.05, 0) is 87.7 Å². The molecule has 7 rings (SSSR count). The molecule has 4 heterocycles. The molecule has 2 aliphatic carbocycles. The van der Waals surface area contributed by atoms with Crippen LogP contribution in [0.15, 0.2) is 41.3 Å². The summed E-state index contributed by atoms with van der Waals surface area (Å²) in [6.45, 7) is 6.21. The number of nitrogens with zero attached hydrogens (tertiary/aromatic N) is 6.